The van der Waals surface area contributed by atoms with Gasteiger partial charge in [0.2, 0.25) is 6.20 Å². The molecule has 98 valence electrons. The Morgan fingerprint density at radius 1 is 1.35 bits per heavy atom. The van der Waals surface area contributed by atoms with E-state index in [1.807, 2.05) is 42.6 Å². The minimum atomic E-state index is 0.397. The van der Waals surface area contributed by atoms with Crippen LogP contribution in [0.4, 0.5) is 0 Å². The summed E-state index contributed by atoms with van der Waals surface area (Å²) in [5, 5.41) is 14.2. The van der Waals surface area contributed by atoms with Crippen LogP contribution in [-0.4, -0.2) is 6.54 Å². The summed E-state index contributed by atoms with van der Waals surface area (Å²) in [6.45, 7) is 0.859. The Kier molecular flexibility index (Phi) is 3.48. The SMILES string of the molecule is N#CC1=c2c(OCc3ccccc3)cc(Br)c[n+]2=NC1. The molecule has 0 aliphatic carbocycles. The van der Waals surface area contributed by atoms with Gasteiger partial charge in [-0.15, -0.1) is 0 Å². The van der Waals surface area contributed by atoms with Crippen LogP contribution >= 0.6 is 15.9 Å². The molecule has 0 atom stereocenters. The second-order valence-electron chi connectivity index (χ2n) is 4.38. The average Bonchev–Trinajstić information content (AvgIpc) is 2.88. The number of nitriles is 1. The Balaban J connectivity index is 2.00. The van der Waals surface area contributed by atoms with Gasteiger partial charge in [0.15, 0.2) is 5.75 Å². The van der Waals surface area contributed by atoms with E-state index in [9.17, 15) is 0 Å². The van der Waals surface area contributed by atoms with Crippen LogP contribution in [0.3, 0.4) is 0 Å². The highest BCUT2D eigenvalue weighted by molar-refractivity contribution is 9.10. The molecule has 4 nitrogen and oxygen atoms in total. The maximum atomic E-state index is 9.16. The van der Waals surface area contributed by atoms with Crippen molar-refractivity contribution in [2.75, 3.05) is 6.54 Å². The molecule has 0 spiro atoms. The van der Waals surface area contributed by atoms with Crippen LogP contribution < -0.4 is 14.5 Å². The van der Waals surface area contributed by atoms with Gasteiger partial charge in [0.25, 0.3) is 5.35 Å². The number of hydrogen-bond acceptors (Lipinski definition) is 3. The Morgan fingerprint density at radius 3 is 2.90 bits per heavy atom. The highest BCUT2D eigenvalue weighted by Crippen LogP contribution is 2.15. The zero-order chi connectivity index (χ0) is 13.9. The first-order valence-corrected chi connectivity index (χ1v) is 6.93. The summed E-state index contributed by atoms with van der Waals surface area (Å²) < 4.78 is 8.43. The van der Waals surface area contributed by atoms with Crippen LogP contribution in [0.25, 0.3) is 5.57 Å². The third-order valence-electron chi connectivity index (χ3n) is 3.02. The van der Waals surface area contributed by atoms with E-state index in [1.54, 1.807) is 4.36 Å². The summed E-state index contributed by atoms with van der Waals surface area (Å²) in [5.74, 6) is 0.668. The fraction of sp³-hybridized carbons (Fsp3) is 0.133. The van der Waals surface area contributed by atoms with Gasteiger partial charge in [-0.05, 0) is 26.6 Å². The van der Waals surface area contributed by atoms with Gasteiger partial charge in [-0.25, -0.2) is 0 Å². The molecule has 20 heavy (non-hydrogen) atoms. The number of halogens is 1. The summed E-state index contributed by atoms with van der Waals surface area (Å²) in [7, 11) is 0. The number of pyridine rings is 1. The van der Waals surface area contributed by atoms with Gasteiger partial charge in [0, 0.05) is 6.07 Å². The van der Waals surface area contributed by atoms with E-state index in [0.717, 1.165) is 15.4 Å². The summed E-state index contributed by atoms with van der Waals surface area (Å²) in [5.41, 5.74) is 1.71. The van der Waals surface area contributed by atoms with Crippen molar-refractivity contribution < 1.29 is 9.10 Å². The van der Waals surface area contributed by atoms with Crippen molar-refractivity contribution in [1.82, 2.24) is 0 Å². The van der Waals surface area contributed by atoms with Crippen molar-refractivity contribution >= 4 is 21.5 Å². The Labute approximate surface area is 124 Å². The molecule has 1 aliphatic heterocycles. The van der Waals surface area contributed by atoms with E-state index in [1.165, 1.54) is 0 Å². The first kappa shape index (κ1) is 12.8. The lowest BCUT2D eigenvalue weighted by atomic mass is 10.2. The maximum absolute atomic E-state index is 9.16. The fourth-order valence-electron chi connectivity index (χ4n) is 2.08. The van der Waals surface area contributed by atoms with Crippen LogP contribution in [0, 0.1) is 11.3 Å². The molecular weight excluding hydrogens is 318 g/mol. The molecule has 3 rings (SSSR count). The third-order valence-corrected chi connectivity index (χ3v) is 3.45. The topological polar surface area (TPSA) is 51.3 Å². The molecule has 0 radical (unpaired) electrons. The van der Waals surface area contributed by atoms with Crippen LogP contribution in [0.1, 0.15) is 5.56 Å². The van der Waals surface area contributed by atoms with Crippen LogP contribution in [-0.2, 0) is 6.61 Å². The molecule has 0 amide bonds. The van der Waals surface area contributed by atoms with E-state index in [-0.39, 0.29) is 0 Å². The number of rotatable bonds is 3. The lowest BCUT2D eigenvalue weighted by Gasteiger charge is -2.04. The van der Waals surface area contributed by atoms with E-state index >= 15 is 0 Å². The first-order valence-electron chi connectivity index (χ1n) is 6.14. The zero-order valence-corrected chi connectivity index (χ0v) is 12.2. The molecule has 0 fully saturated rings. The van der Waals surface area contributed by atoms with Crippen molar-refractivity contribution in [3.63, 3.8) is 0 Å². The summed E-state index contributed by atoms with van der Waals surface area (Å²) in [6.07, 6.45) is 1.83. The summed E-state index contributed by atoms with van der Waals surface area (Å²) in [6, 6.07) is 14.0. The average molecular weight is 329 g/mol. The Bertz CT molecular complexity index is 809. The lowest BCUT2D eigenvalue weighted by molar-refractivity contribution is -0.558. The fourth-order valence-corrected chi connectivity index (χ4v) is 2.48. The quantitative estimate of drug-likeness (QED) is 0.809. The highest BCUT2D eigenvalue weighted by Gasteiger charge is 2.20. The first-order chi connectivity index (χ1) is 9.78. The standard InChI is InChI=1S/C15H11BrN3O/c16-13-6-14(20-10-11-4-2-1-3-5-11)15-12(7-17)8-18-19(15)9-13/h1-6,9H,8,10H2/q+1. The number of ether oxygens (including phenoxy) is 1. The van der Waals surface area contributed by atoms with E-state index in [4.69, 9.17) is 10.00 Å². The molecule has 1 aromatic carbocycles. The molecule has 0 saturated carbocycles. The van der Waals surface area contributed by atoms with Gasteiger partial charge in [-0.2, -0.15) is 5.26 Å². The van der Waals surface area contributed by atoms with E-state index in [2.05, 4.69) is 27.1 Å². The second kappa shape index (κ2) is 5.43. The van der Waals surface area contributed by atoms with Gasteiger partial charge in [0.1, 0.15) is 24.8 Å². The van der Waals surface area contributed by atoms with Crippen LogP contribution in [0.2, 0.25) is 0 Å². The van der Waals surface area contributed by atoms with Crippen molar-refractivity contribution in [3.05, 3.63) is 58.0 Å². The molecule has 0 saturated heterocycles. The predicted octanol–water partition coefficient (Wildman–Crippen LogP) is 2.04. The summed E-state index contributed by atoms with van der Waals surface area (Å²) in [4.78, 5) is 0. The molecule has 2 heterocycles. The molecule has 0 unspecified atom stereocenters. The van der Waals surface area contributed by atoms with Gasteiger partial charge in [0.05, 0.1) is 4.47 Å². The maximum Gasteiger partial charge on any atom is 0.295 e. The van der Waals surface area contributed by atoms with E-state index in [0.29, 0.717) is 24.5 Å². The van der Waals surface area contributed by atoms with Crippen molar-refractivity contribution in [1.29, 1.82) is 5.26 Å². The molecule has 1 aromatic heterocycles. The van der Waals surface area contributed by atoms with Crippen LogP contribution in [0.15, 0.2) is 52.2 Å². The number of nitrogens with zero attached hydrogens (tertiary/aromatic N) is 3. The van der Waals surface area contributed by atoms with Gasteiger partial charge in [-0.1, -0.05) is 34.7 Å². The largest absolute Gasteiger partial charge is 0.482 e. The summed E-state index contributed by atoms with van der Waals surface area (Å²) >= 11 is 3.43. The minimum absolute atomic E-state index is 0.397. The van der Waals surface area contributed by atoms with Crippen molar-refractivity contribution in [3.8, 4) is 11.8 Å². The zero-order valence-electron chi connectivity index (χ0n) is 10.6. The monoisotopic (exact) mass is 328 g/mol. The highest BCUT2D eigenvalue weighted by atomic mass is 79.9. The molecule has 1 aliphatic rings. The molecule has 0 bridgehead atoms. The van der Waals surface area contributed by atoms with E-state index < -0.39 is 0 Å². The van der Waals surface area contributed by atoms with Crippen LogP contribution in [0.5, 0.6) is 5.75 Å². The third kappa shape index (κ3) is 2.43. The molecule has 0 N–H and O–H groups in total. The predicted molar refractivity (Wildman–Crippen MR) is 76.5 cm³/mol. The molecule has 2 aromatic rings. The Morgan fingerprint density at radius 2 is 2.15 bits per heavy atom. The van der Waals surface area contributed by atoms with Crippen molar-refractivity contribution in [2.24, 2.45) is 5.11 Å². The van der Waals surface area contributed by atoms with Gasteiger partial charge >= 0.3 is 0 Å². The van der Waals surface area contributed by atoms with Crippen molar-refractivity contribution in [2.45, 2.75) is 6.61 Å². The normalized spacial score (nSPS) is 12.5. The Hall–Kier alpha value is -2.19. The van der Waals surface area contributed by atoms with Gasteiger partial charge in [-0.3, -0.25) is 0 Å². The number of hydrogen-bond donors (Lipinski definition) is 0. The second-order valence-corrected chi connectivity index (χ2v) is 5.30. The lowest BCUT2D eigenvalue weighted by Crippen LogP contribution is -2.36. The molecule has 5 heteroatoms. The smallest absolute Gasteiger partial charge is 0.295 e. The van der Waals surface area contributed by atoms with Gasteiger partial charge < -0.3 is 4.74 Å². The number of fused-ring (bicyclic) bond motifs is 1. The molecular formula is C15H11BrN3O+. The number of benzene rings is 1. The minimum Gasteiger partial charge on any atom is -0.482 e. The number of aromatic nitrogens is 1.